The first kappa shape index (κ1) is 11.9. The Morgan fingerprint density at radius 3 is 2.78 bits per heavy atom. The van der Waals surface area contributed by atoms with Crippen LogP contribution in [0.25, 0.3) is 0 Å². The summed E-state index contributed by atoms with van der Waals surface area (Å²) >= 11 is 3.48. The lowest BCUT2D eigenvalue weighted by molar-refractivity contribution is 0.0389. The molecule has 2 heteroatoms. The Morgan fingerprint density at radius 1 is 1.11 bits per heavy atom. The van der Waals surface area contributed by atoms with Gasteiger partial charge in [0.15, 0.2) is 0 Å². The Balaban J connectivity index is 1.94. The molecule has 2 aromatic rings. The zero-order chi connectivity index (χ0) is 12.6. The van der Waals surface area contributed by atoms with Crippen molar-refractivity contribution in [2.75, 3.05) is 0 Å². The van der Waals surface area contributed by atoms with Crippen LogP contribution in [0.4, 0.5) is 0 Å². The van der Waals surface area contributed by atoms with Crippen molar-refractivity contribution in [3.05, 3.63) is 69.7 Å². The van der Waals surface area contributed by atoms with E-state index in [1.165, 1.54) is 11.1 Å². The van der Waals surface area contributed by atoms with Crippen LogP contribution >= 0.6 is 15.9 Å². The van der Waals surface area contributed by atoms with Gasteiger partial charge in [0, 0.05) is 10.9 Å². The third-order valence-electron chi connectivity index (χ3n) is 3.71. The maximum atomic E-state index is 10.9. The molecular weight excluding hydrogens is 288 g/mol. The minimum atomic E-state index is -0.697. The number of fused-ring (bicyclic) bond motifs is 1. The first-order valence-corrected chi connectivity index (χ1v) is 7.02. The Bertz CT molecular complexity index is 579. The normalized spacial score (nSPS) is 21.9. The summed E-state index contributed by atoms with van der Waals surface area (Å²) in [4.78, 5) is 0. The van der Waals surface area contributed by atoms with Crippen molar-refractivity contribution in [1.29, 1.82) is 0 Å². The van der Waals surface area contributed by atoms with Gasteiger partial charge in [-0.25, -0.2) is 0 Å². The molecular formula is C16H15BrO. The number of aryl methyl sites for hydroxylation is 1. The van der Waals surface area contributed by atoms with E-state index >= 15 is 0 Å². The Kier molecular flexibility index (Phi) is 3.00. The van der Waals surface area contributed by atoms with E-state index in [4.69, 9.17) is 0 Å². The minimum absolute atomic E-state index is 0.684. The van der Waals surface area contributed by atoms with Crippen LogP contribution in [0.2, 0.25) is 0 Å². The molecule has 2 aromatic carbocycles. The molecule has 0 fully saturated rings. The number of hydrogen-bond donors (Lipinski definition) is 1. The summed E-state index contributed by atoms with van der Waals surface area (Å²) in [7, 11) is 0. The van der Waals surface area contributed by atoms with Gasteiger partial charge in [-0.15, -0.1) is 0 Å². The van der Waals surface area contributed by atoms with Crippen molar-refractivity contribution in [2.24, 2.45) is 0 Å². The van der Waals surface area contributed by atoms with Gasteiger partial charge < -0.3 is 5.11 Å². The summed E-state index contributed by atoms with van der Waals surface area (Å²) in [6, 6.07) is 16.4. The highest BCUT2D eigenvalue weighted by molar-refractivity contribution is 9.10. The molecule has 1 unspecified atom stereocenters. The molecule has 1 aliphatic rings. The molecule has 0 saturated carbocycles. The standard InChI is InChI=1S/C16H15BrO/c17-14-6-3-4-12(10-14)11-16(18)9-8-13-5-1-2-7-15(13)16/h1-7,10,18H,8-9,11H2. The molecule has 0 aliphatic heterocycles. The average Bonchev–Trinajstić information content (AvgIpc) is 2.68. The second-order valence-electron chi connectivity index (χ2n) is 5.00. The number of halogens is 1. The van der Waals surface area contributed by atoms with Gasteiger partial charge in [0.05, 0.1) is 5.60 Å². The fourth-order valence-corrected chi connectivity index (χ4v) is 3.28. The highest BCUT2D eigenvalue weighted by Crippen LogP contribution is 2.39. The quantitative estimate of drug-likeness (QED) is 0.894. The van der Waals surface area contributed by atoms with Crippen molar-refractivity contribution >= 4 is 15.9 Å². The Hall–Kier alpha value is -1.12. The predicted molar refractivity (Wildman–Crippen MR) is 76.5 cm³/mol. The third-order valence-corrected chi connectivity index (χ3v) is 4.21. The van der Waals surface area contributed by atoms with E-state index in [2.05, 4.69) is 40.2 Å². The maximum Gasteiger partial charge on any atom is 0.0942 e. The highest BCUT2D eigenvalue weighted by Gasteiger charge is 2.36. The minimum Gasteiger partial charge on any atom is -0.385 e. The van der Waals surface area contributed by atoms with Gasteiger partial charge in [0.25, 0.3) is 0 Å². The molecule has 0 spiro atoms. The number of aliphatic hydroxyl groups is 1. The van der Waals surface area contributed by atoms with Gasteiger partial charge in [-0.3, -0.25) is 0 Å². The van der Waals surface area contributed by atoms with E-state index in [1.807, 2.05) is 24.3 Å². The predicted octanol–water partition coefficient (Wildman–Crippen LogP) is 3.83. The van der Waals surface area contributed by atoms with E-state index in [1.54, 1.807) is 0 Å². The first-order chi connectivity index (χ1) is 8.67. The van der Waals surface area contributed by atoms with E-state index in [-0.39, 0.29) is 0 Å². The van der Waals surface area contributed by atoms with Crippen LogP contribution in [-0.4, -0.2) is 5.11 Å². The summed E-state index contributed by atoms with van der Waals surface area (Å²) in [6.45, 7) is 0. The van der Waals surface area contributed by atoms with Gasteiger partial charge >= 0.3 is 0 Å². The fourth-order valence-electron chi connectivity index (χ4n) is 2.84. The largest absolute Gasteiger partial charge is 0.385 e. The average molecular weight is 303 g/mol. The van der Waals surface area contributed by atoms with Crippen molar-refractivity contribution in [3.8, 4) is 0 Å². The van der Waals surface area contributed by atoms with Gasteiger partial charge in [-0.05, 0) is 41.7 Å². The van der Waals surface area contributed by atoms with Crippen LogP contribution in [0.15, 0.2) is 53.0 Å². The van der Waals surface area contributed by atoms with E-state index in [0.29, 0.717) is 6.42 Å². The Labute approximate surface area is 116 Å². The molecule has 3 rings (SSSR count). The second-order valence-corrected chi connectivity index (χ2v) is 5.91. The summed E-state index contributed by atoms with van der Waals surface area (Å²) in [5, 5.41) is 10.9. The number of benzene rings is 2. The van der Waals surface area contributed by atoms with Crippen molar-refractivity contribution < 1.29 is 5.11 Å². The summed E-state index contributed by atoms with van der Waals surface area (Å²) in [5.74, 6) is 0. The van der Waals surface area contributed by atoms with Gasteiger partial charge in [-0.2, -0.15) is 0 Å². The van der Waals surface area contributed by atoms with Crippen molar-refractivity contribution in [2.45, 2.75) is 24.9 Å². The zero-order valence-electron chi connectivity index (χ0n) is 10.1. The van der Waals surface area contributed by atoms with Crippen LogP contribution in [0, 0.1) is 0 Å². The van der Waals surface area contributed by atoms with Crippen molar-refractivity contribution in [1.82, 2.24) is 0 Å². The molecule has 0 saturated heterocycles. The lowest BCUT2D eigenvalue weighted by atomic mass is 9.89. The Morgan fingerprint density at radius 2 is 1.94 bits per heavy atom. The van der Waals surface area contributed by atoms with Crippen LogP contribution in [0.1, 0.15) is 23.1 Å². The van der Waals surface area contributed by atoms with E-state index < -0.39 is 5.60 Å². The van der Waals surface area contributed by atoms with Gasteiger partial charge in [0.1, 0.15) is 0 Å². The highest BCUT2D eigenvalue weighted by atomic mass is 79.9. The molecule has 0 amide bonds. The summed E-state index contributed by atoms with van der Waals surface area (Å²) in [5.41, 5.74) is 2.86. The molecule has 1 N–H and O–H groups in total. The topological polar surface area (TPSA) is 20.2 Å². The van der Waals surface area contributed by atoms with Crippen LogP contribution in [0.3, 0.4) is 0 Å². The third kappa shape index (κ3) is 2.11. The van der Waals surface area contributed by atoms with Gasteiger partial charge in [0.2, 0.25) is 0 Å². The molecule has 0 bridgehead atoms. The smallest absolute Gasteiger partial charge is 0.0942 e. The fraction of sp³-hybridized carbons (Fsp3) is 0.250. The summed E-state index contributed by atoms with van der Waals surface area (Å²) < 4.78 is 1.06. The molecule has 0 aromatic heterocycles. The second kappa shape index (κ2) is 4.52. The number of rotatable bonds is 2. The summed E-state index contributed by atoms with van der Waals surface area (Å²) in [6.07, 6.45) is 2.48. The molecule has 0 radical (unpaired) electrons. The molecule has 18 heavy (non-hydrogen) atoms. The molecule has 0 heterocycles. The zero-order valence-corrected chi connectivity index (χ0v) is 11.7. The molecule has 1 atom stereocenters. The monoisotopic (exact) mass is 302 g/mol. The van der Waals surface area contributed by atoms with Gasteiger partial charge in [-0.1, -0.05) is 52.3 Å². The molecule has 1 nitrogen and oxygen atoms in total. The molecule has 1 aliphatic carbocycles. The van der Waals surface area contributed by atoms with Crippen molar-refractivity contribution in [3.63, 3.8) is 0 Å². The lowest BCUT2D eigenvalue weighted by Gasteiger charge is -2.24. The SMILES string of the molecule is OC1(Cc2cccc(Br)c2)CCc2ccccc21. The molecule has 92 valence electrons. The lowest BCUT2D eigenvalue weighted by Crippen LogP contribution is -2.25. The number of hydrogen-bond acceptors (Lipinski definition) is 1. The van der Waals surface area contributed by atoms with E-state index in [9.17, 15) is 5.11 Å². The maximum absolute atomic E-state index is 10.9. The van der Waals surface area contributed by atoms with Crippen LogP contribution in [0.5, 0.6) is 0 Å². The van der Waals surface area contributed by atoms with E-state index in [0.717, 1.165) is 22.9 Å². The van der Waals surface area contributed by atoms with Crippen LogP contribution in [-0.2, 0) is 18.4 Å². The first-order valence-electron chi connectivity index (χ1n) is 6.23. The van der Waals surface area contributed by atoms with Crippen LogP contribution < -0.4 is 0 Å².